The van der Waals surface area contributed by atoms with Gasteiger partial charge in [0, 0.05) is 55.7 Å². The second-order valence-electron chi connectivity index (χ2n) is 20.2. The molecular formula is C74H54N4. The van der Waals surface area contributed by atoms with Crippen molar-refractivity contribution >= 4 is 77.7 Å². The maximum atomic E-state index is 2.41. The Morgan fingerprint density at radius 1 is 0.256 bits per heavy atom. The van der Waals surface area contributed by atoms with E-state index in [-0.39, 0.29) is 0 Å². The van der Waals surface area contributed by atoms with E-state index in [2.05, 4.69) is 324 Å². The number of benzene rings is 12. The van der Waals surface area contributed by atoms with Crippen molar-refractivity contribution in [3.8, 4) is 44.8 Å². The van der Waals surface area contributed by atoms with E-state index in [1.807, 2.05) is 0 Å². The average Bonchev–Trinajstić information content (AvgIpc) is 4.20. The molecule has 0 aliphatic carbocycles. The summed E-state index contributed by atoms with van der Waals surface area (Å²) in [4.78, 5) is 4.75. The third kappa shape index (κ3) is 8.01. The molecule has 0 saturated heterocycles. The fraction of sp³-hybridized carbons (Fsp3) is 0.0270. The highest BCUT2D eigenvalue weighted by Crippen LogP contribution is 2.46. The maximum absolute atomic E-state index is 2.41. The van der Waals surface area contributed by atoms with Crippen LogP contribution in [0.3, 0.4) is 0 Å². The molecule has 14 rings (SSSR count). The van der Waals surface area contributed by atoms with Gasteiger partial charge in [0.15, 0.2) is 0 Å². The van der Waals surface area contributed by atoms with E-state index >= 15 is 0 Å². The molecule has 0 saturated carbocycles. The molecule has 4 heteroatoms. The largest absolute Gasteiger partial charge is 0.310 e. The van der Waals surface area contributed by atoms with Crippen LogP contribution in [0.2, 0.25) is 0 Å². The van der Waals surface area contributed by atoms with Gasteiger partial charge in [-0.05, 0) is 168 Å². The first-order valence-electron chi connectivity index (χ1n) is 26.8. The van der Waals surface area contributed by atoms with Crippen LogP contribution in [-0.2, 0) is 0 Å². The molecule has 0 radical (unpaired) electrons. The van der Waals surface area contributed by atoms with Crippen molar-refractivity contribution < 1.29 is 0 Å². The van der Waals surface area contributed by atoms with E-state index in [0.29, 0.717) is 0 Å². The van der Waals surface area contributed by atoms with Crippen molar-refractivity contribution in [2.45, 2.75) is 13.8 Å². The first-order valence-corrected chi connectivity index (χ1v) is 26.8. The number of fused-ring (bicyclic) bond motifs is 6. The lowest BCUT2D eigenvalue weighted by Gasteiger charge is -2.26. The topological polar surface area (TPSA) is 16.3 Å². The summed E-state index contributed by atoms with van der Waals surface area (Å²) in [5, 5.41) is 4.88. The Morgan fingerprint density at radius 3 is 0.910 bits per heavy atom. The fourth-order valence-corrected chi connectivity index (χ4v) is 12.0. The van der Waals surface area contributed by atoms with Crippen molar-refractivity contribution in [2.24, 2.45) is 0 Å². The molecule has 2 heterocycles. The van der Waals surface area contributed by atoms with Gasteiger partial charge in [0.25, 0.3) is 0 Å². The van der Waals surface area contributed by atoms with E-state index < -0.39 is 0 Å². The fourth-order valence-electron chi connectivity index (χ4n) is 12.0. The van der Waals surface area contributed by atoms with Crippen LogP contribution in [-0.4, -0.2) is 9.13 Å². The molecule has 370 valence electrons. The van der Waals surface area contributed by atoms with Crippen LogP contribution in [0.15, 0.2) is 291 Å². The summed E-state index contributed by atoms with van der Waals surface area (Å²) in [6.07, 6.45) is 0. The van der Waals surface area contributed by atoms with Crippen LogP contribution >= 0.6 is 0 Å². The second kappa shape index (κ2) is 19.5. The molecule has 4 nitrogen and oxygen atoms in total. The van der Waals surface area contributed by atoms with Gasteiger partial charge in [-0.3, -0.25) is 0 Å². The van der Waals surface area contributed by atoms with Crippen molar-refractivity contribution in [3.63, 3.8) is 0 Å². The number of nitrogens with zero attached hydrogens (tertiary/aromatic N) is 4. The molecule has 78 heavy (non-hydrogen) atoms. The van der Waals surface area contributed by atoms with Gasteiger partial charge in [-0.2, -0.15) is 0 Å². The lowest BCUT2D eigenvalue weighted by atomic mass is 9.91. The molecule has 0 fully saturated rings. The minimum absolute atomic E-state index is 1.12. The number of hydrogen-bond acceptors (Lipinski definition) is 2. The molecule has 0 N–H and O–H groups in total. The molecule has 0 amide bonds. The number of rotatable bonds is 11. The highest BCUT2D eigenvalue weighted by molar-refractivity contribution is 6.18. The van der Waals surface area contributed by atoms with E-state index in [1.54, 1.807) is 0 Å². The Hall–Kier alpha value is -10.2. The van der Waals surface area contributed by atoms with Crippen LogP contribution in [0.5, 0.6) is 0 Å². The maximum Gasteiger partial charge on any atom is 0.0562 e. The summed E-state index contributed by atoms with van der Waals surface area (Å²) in [5.41, 5.74) is 23.5. The van der Waals surface area contributed by atoms with Gasteiger partial charge >= 0.3 is 0 Å². The van der Waals surface area contributed by atoms with Gasteiger partial charge < -0.3 is 18.9 Å². The Labute approximate surface area is 455 Å². The van der Waals surface area contributed by atoms with Gasteiger partial charge in [0.1, 0.15) is 0 Å². The standard InChI is InChI=1S/C74H54N4/c1-51-49-55(53-37-43-61(44-38-53)77-67-31-17-15-29-65(67)73-69(33-19-35-71(73)77)75(57-21-7-3-8-22-57)58-23-9-4-10-24-58)41-47-63(51)64-48-42-56(50-52(64)2)54-39-45-62(46-40-54)78-68-32-18-16-30-66(68)74-70(34-20-36-72(74)78)76(59-25-11-5-12-26-59)60-27-13-6-14-28-60/h3-50H,1-2H3. The predicted octanol–water partition coefficient (Wildman–Crippen LogP) is 20.4. The average molecular weight is 999 g/mol. The zero-order chi connectivity index (χ0) is 52.1. The minimum Gasteiger partial charge on any atom is -0.310 e. The van der Waals surface area contributed by atoms with Crippen LogP contribution < -0.4 is 9.80 Å². The second-order valence-corrected chi connectivity index (χ2v) is 20.2. The summed E-state index contributed by atoms with van der Waals surface area (Å²) in [6.45, 7) is 4.48. The number of aryl methyl sites for hydroxylation is 2. The van der Waals surface area contributed by atoms with E-state index in [1.165, 1.54) is 88.1 Å². The normalized spacial score (nSPS) is 11.5. The first kappa shape index (κ1) is 46.4. The lowest BCUT2D eigenvalue weighted by molar-refractivity contribution is 1.18. The van der Waals surface area contributed by atoms with Crippen LogP contribution in [0, 0.1) is 13.8 Å². The molecule has 12 aromatic carbocycles. The molecule has 0 unspecified atom stereocenters. The summed E-state index contributed by atoms with van der Waals surface area (Å²) < 4.78 is 4.82. The molecule has 0 aliphatic rings. The Bertz CT molecular complexity index is 4110. The molecule has 0 aliphatic heterocycles. The number of para-hydroxylation sites is 6. The zero-order valence-electron chi connectivity index (χ0n) is 43.5. The first-order chi connectivity index (χ1) is 38.6. The van der Waals surface area contributed by atoms with Crippen molar-refractivity contribution in [2.75, 3.05) is 9.80 Å². The SMILES string of the molecule is Cc1cc(-c2ccc(-n3c4ccccc4c4c(N(c5ccccc5)c5ccccc5)cccc43)cc2)ccc1-c1ccc(-c2ccc(-n3c4ccccc4c4c(N(c5ccccc5)c5ccccc5)cccc43)cc2)cc1C. The van der Waals surface area contributed by atoms with E-state index in [9.17, 15) is 0 Å². The molecule has 0 spiro atoms. The highest BCUT2D eigenvalue weighted by atomic mass is 15.2. The number of hydrogen-bond donors (Lipinski definition) is 0. The van der Waals surface area contributed by atoms with Crippen LogP contribution in [0.4, 0.5) is 34.1 Å². The summed E-state index contributed by atoms with van der Waals surface area (Å²) in [5.74, 6) is 0. The van der Waals surface area contributed by atoms with Crippen molar-refractivity contribution in [3.05, 3.63) is 302 Å². The molecule has 0 atom stereocenters. The van der Waals surface area contributed by atoms with Crippen molar-refractivity contribution in [1.29, 1.82) is 0 Å². The Morgan fingerprint density at radius 2 is 0.564 bits per heavy atom. The van der Waals surface area contributed by atoms with Crippen molar-refractivity contribution in [1.82, 2.24) is 9.13 Å². The lowest BCUT2D eigenvalue weighted by Crippen LogP contribution is -2.10. The number of aromatic nitrogens is 2. The third-order valence-corrected chi connectivity index (χ3v) is 15.6. The highest BCUT2D eigenvalue weighted by Gasteiger charge is 2.23. The summed E-state index contributed by atoms with van der Waals surface area (Å²) >= 11 is 0. The Kier molecular flexibility index (Phi) is 11.6. The molecule has 0 bridgehead atoms. The van der Waals surface area contributed by atoms with Gasteiger partial charge in [0.2, 0.25) is 0 Å². The van der Waals surface area contributed by atoms with Gasteiger partial charge in [-0.15, -0.1) is 0 Å². The summed E-state index contributed by atoms with van der Waals surface area (Å²) in [6, 6.07) is 106. The monoisotopic (exact) mass is 998 g/mol. The minimum atomic E-state index is 1.12. The van der Waals surface area contributed by atoms with Crippen LogP contribution in [0.25, 0.3) is 88.4 Å². The molecule has 14 aromatic rings. The molecular weight excluding hydrogens is 945 g/mol. The van der Waals surface area contributed by atoms with Gasteiger partial charge in [-0.25, -0.2) is 0 Å². The van der Waals surface area contributed by atoms with E-state index in [4.69, 9.17) is 0 Å². The summed E-state index contributed by atoms with van der Waals surface area (Å²) in [7, 11) is 0. The smallest absolute Gasteiger partial charge is 0.0562 e. The molecule has 2 aromatic heterocycles. The quantitative estimate of drug-likeness (QED) is 0.128. The zero-order valence-corrected chi connectivity index (χ0v) is 43.5. The Balaban J connectivity index is 0.751. The predicted molar refractivity (Wildman–Crippen MR) is 330 cm³/mol. The van der Waals surface area contributed by atoms with Gasteiger partial charge in [-0.1, -0.05) is 182 Å². The van der Waals surface area contributed by atoms with E-state index in [0.717, 1.165) is 45.5 Å². The number of anilines is 6. The van der Waals surface area contributed by atoms with Gasteiger partial charge in [0.05, 0.1) is 33.4 Å². The third-order valence-electron chi connectivity index (χ3n) is 15.6. The van der Waals surface area contributed by atoms with Crippen LogP contribution in [0.1, 0.15) is 11.1 Å².